The number of ether oxygens (including phenoxy) is 1. The van der Waals surface area contributed by atoms with Gasteiger partial charge in [0.25, 0.3) is 0 Å². The van der Waals surface area contributed by atoms with Gasteiger partial charge in [-0.15, -0.1) is 0 Å². The van der Waals surface area contributed by atoms with Crippen LogP contribution < -0.4 is 4.74 Å². The molecule has 0 bridgehead atoms. The van der Waals surface area contributed by atoms with Gasteiger partial charge >= 0.3 is 0 Å². The van der Waals surface area contributed by atoms with E-state index in [-0.39, 0.29) is 5.41 Å². The summed E-state index contributed by atoms with van der Waals surface area (Å²) in [7, 11) is 0. The van der Waals surface area contributed by atoms with Crippen molar-refractivity contribution in [2.45, 2.75) is 66.2 Å². The van der Waals surface area contributed by atoms with E-state index in [2.05, 4.69) is 71.9 Å². The van der Waals surface area contributed by atoms with Crippen molar-refractivity contribution in [2.75, 3.05) is 0 Å². The first-order chi connectivity index (χ1) is 9.66. The maximum atomic E-state index is 6.05. The fraction of sp³-hybridized carbons (Fsp3) is 0.600. The Labute approximate surface area is 130 Å². The zero-order valence-corrected chi connectivity index (χ0v) is 14.5. The SMILES string of the molecule is CC(C)(C)c1ccc(OC2=CCC(C(C)(C)C)CC2)cc1. The van der Waals surface area contributed by atoms with E-state index in [1.54, 1.807) is 0 Å². The van der Waals surface area contributed by atoms with Gasteiger partial charge in [0.05, 0.1) is 0 Å². The molecule has 1 aromatic rings. The predicted molar refractivity (Wildman–Crippen MR) is 90.6 cm³/mol. The molecule has 116 valence electrons. The lowest BCUT2D eigenvalue weighted by Crippen LogP contribution is -2.22. The minimum atomic E-state index is 0.197. The maximum Gasteiger partial charge on any atom is 0.126 e. The highest BCUT2D eigenvalue weighted by molar-refractivity contribution is 5.32. The molecule has 0 aromatic heterocycles. The molecule has 0 fully saturated rings. The minimum Gasteiger partial charge on any atom is -0.462 e. The van der Waals surface area contributed by atoms with E-state index in [0.29, 0.717) is 5.41 Å². The highest BCUT2D eigenvalue weighted by Gasteiger charge is 2.26. The van der Waals surface area contributed by atoms with Gasteiger partial charge in [0.15, 0.2) is 0 Å². The van der Waals surface area contributed by atoms with Crippen LogP contribution in [0.2, 0.25) is 0 Å². The van der Waals surface area contributed by atoms with Crippen LogP contribution in [0.5, 0.6) is 5.75 Å². The molecular formula is C20H30O. The average Bonchev–Trinajstić information content (AvgIpc) is 2.38. The van der Waals surface area contributed by atoms with Gasteiger partial charge in [-0.2, -0.15) is 0 Å². The summed E-state index contributed by atoms with van der Waals surface area (Å²) >= 11 is 0. The Kier molecular flexibility index (Phi) is 4.51. The number of hydrogen-bond acceptors (Lipinski definition) is 1. The van der Waals surface area contributed by atoms with E-state index in [1.165, 1.54) is 12.0 Å². The van der Waals surface area contributed by atoms with Gasteiger partial charge < -0.3 is 4.74 Å². The third-order valence-electron chi connectivity index (χ3n) is 4.56. The monoisotopic (exact) mass is 286 g/mol. The third-order valence-corrected chi connectivity index (χ3v) is 4.56. The minimum absolute atomic E-state index is 0.197. The van der Waals surface area contributed by atoms with Gasteiger partial charge in [-0.25, -0.2) is 0 Å². The largest absolute Gasteiger partial charge is 0.462 e. The molecule has 1 heteroatoms. The smallest absolute Gasteiger partial charge is 0.126 e. The molecule has 0 amide bonds. The second kappa shape index (κ2) is 5.87. The van der Waals surface area contributed by atoms with Gasteiger partial charge in [0, 0.05) is 6.42 Å². The van der Waals surface area contributed by atoms with Crippen molar-refractivity contribution in [3.63, 3.8) is 0 Å². The van der Waals surface area contributed by atoms with E-state index < -0.39 is 0 Å². The van der Waals surface area contributed by atoms with Gasteiger partial charge in [-0.05, 0) is 53.4 Å². The fourth-order valence-corrected chi connectivity index (χ4v) is 2.86. The molecule has 21 heavy (non-hydrogen) atoms. The Morgan fingerprint density at radius 3 is 2.00 bits per heavy atom. The second-order valence-corrected chi connectivity index (χ2v) is 8.38. The first-order valence-electron chi connectivity index (χ1n) is 8.14. The Morgan fingerprint density at radius 1 is 0.952 bits per heavy atom. The molecule has 1 aliphatic carbocycles. The predicted octanol–water partition coefficient (Wildman–Crippen LogP) is 6.09. The van der Waals surface area contributed by atoms with Gasteiger partial charge in [-0.1, -0.05) is 53.7 Å². The Balaban J connectivity index is 1.99. The molecule has 1 aromatic carbocycles. The van der Waals surface area contributed by atoms with Crippen LogP contribution in [-0.2, 0) is 5.41 Å². The van der Waals surface area contributed by atoms with Crippen molar-refractivity contribution in [1.29, 1.82) is 0 Å². The van der Waals surface area contributed by atoms with Crippen molar-refractivity contribution >= 4 is 0 Å². The molecule has 1 unspecified atom stereocenters. The van der Waals surface area contributed by atoms with Gasteiger partial charge in [0.2, 0.25) is 0 Å². The maximum absolute atomic E-state index is 6.05. The molecule has 0 radical (unpaired) electrons. The topological polar surface area (TPSA) is 9.23 Å². The summed E-state index contributed by atoms with van der Waals surface area (Å²) < 4.78 is 6.05. The number of rotatable bonds is 2. The van der Waals surface area contributed by atoms with Crippen LogP contribution in [0, 0.1) is 11.3 Å². The Morgan fingerprint density at radius 2 is 1.57 bits per heavy atom. The Bertz CT molecular complexity index is 494. The number of hydrogen-bond donors (Lipinski definition) is 0. The highest BCUT2D eigenvalue weighted by atomic mass is 16.5. The number of allylic oxidation sites excluding steroid dienone is 2. The zero-order valence-electron chi connectivity index (χ0n) is 14.5. The number of benzene rings is 1. The van der Waals surface area contributed by atoms with E-state index in [1.807, 2.05) is 0 Å². The summed E-state index contributed by atoms with van der Waals surface area (Å²) in [6, 6.07) is 8.54. The van der Waals surface area contributed by atoms with Crippen molar-refractivity contribution in [3.05, 3.63) is 41.7 Å². The molecule has 0 saturated carbocycles. The summed E-state index contributed by atoms with van der Waals surface area (Å²) in [4.78, 5) is 0. The molecule has 0 spiro atoms. The summed E-state index contributed by atoms with van der Waals surface area (Å²) in [6.07, 6.45) is 5.72. The lowest BCUT2D eigenvalue weighted by Gasteiger charge is -2.33. The van der Waals surface area contributed by atoms with E-state index in [4.69, 9.17) is 4.74 Å². The summed E-state index contributed by atoms with van der Waals surface area (Å²) in [5.74, 6) is 2.87. The normalized spacial score (nSPS) is 20.1. The lowest BCUT2D eigenvalue weighted by molar-refractivity contribution is 0.206. The molecular weight excluding hydrogens is 256 g/mol. The summed E-state index contributed by atoms with van der Waals surface area (Å²) in [6.45, 7) is 13.7. The molecule has 0 saturated heterocycles. The summed E-state index contributed by atoms with van der Waals surface area (Å²) in [5.41, 5.74) is 1.94. The van der Waals surface area contributed by atoms with E-state index >= 15 is 0 Å². The zero-order chi connectivity index (χ0) is 15.7. The van der Waals surface area contributed by atoms with E-state index in [0.717, 1.165) is 30.3 Å². The molecule has 0 N–H and O–H groups in total. The van der Waals surface area contributed by atoms with Crippen molar-refractivity contribution in [2.24, 2.45) is 11.3 Å². The van der Waals surface area contributed by atoms with Crippen LogP contribution in [-0.4, -0.2) is 0 Å². The molecule has 1 aliphatic rings. The van der Waals surface area contributed by atoms with Crippen molar-refractivity contribution in [3.8, 4) is 5.75 Å². The average molecular weight is 286 g/mol. The highest BCUT2D eigenvalue weighted by Crippen LogP contribution is 2.37. The molecule has 1 nitrogen and oxygen atoms in total. The first kappa shape index (κ1) is 16.1. The molecule has 0 aliphatic heterocycles. The third kappa shape index (κ3) is 4.36. The first-order valence-corrected chi connectivity index (χ1v) is 8.14. The van der Waals surface area contributed by atoms with Crippen LogP contribution in [0.1, 0.15) is 66.4 Å². The van der Waals surface area contributed by atoms with E-state index in [9.17, 15) is 0 Å². The van der Waals surface area contributed by atoms with Crippen LogP contribution >= 0.6 is 0 Å². The molecule has 0 heterocycles. The Hall–Kier alpha value is -1.24. The second-order valence-electron chi connectivity index (χ2n) is 8.38. The van der Waals surface area contributed by atoms with Gasteiger partial charge in [-0.3, -0.25) is 0 Å². The fourth-order valence-electron chi connectivity index (χ4n) is 2.86. The van der Waals surface area contributed by atoms with Crippen LogP contribution in [0.4, 0.5) is 0 Å². The van der Waals surface area contributed by atoms with Crippen LogP contribution in [0.25, 0.3) is 0 Å². The quantitative estimate of drug-likeness (QED) is 0.639. The molecule has 1 atom stereocenters. The van der Waals surface area contributed by atoms with Crippen LogP contribution in [0.3, 0.4) is 0 Å². The van der Waals surface area contributed by atoms with Crippen molar-refractivity contribution in [1.82, 2.24) is 0 Å². The van der Waals surface area contributed by atoms with Gasteiger partial charge in [0.1, 0.15) is 11.5 Å². The molecule has 2 rings (SSSR count). The standard InChI is InChI=1S/C20H30O/c1-19(2,3)15-7-11-17(12-8-15)21-18-13-9-16(10-14-18)20(4,5)6/h7-8,11-13,16H,9-10,14H2,1-6H3. The summed E-state index contributed by atoms with van der Waals surface area (Å²) in [5, 5.41) is 0. The lowest BCUT2D eigenvalue weighted by atomic mass is 9.74. The van der Waals surface area contributed by atoms with Crippen molar-refractivity contribution < 1.29 is 4.74 Å². The van der Waals surface area contributed by atoms with Crippen LogP contribution in [0.15, 0.2) is 36.1 Å².